The van der Waals surface area contributed by atoms with E-state index in [1.165, 1.54) is 18.5 Å². The molecule has 0 aliphatic rings. The van der Waals surface area contributed by atoms with Crippen LogP contribution >= 0.6 is 23.2 Å². The van der Waals surface area contributed by atoms with E-state index in [1.54, 1.807) is 0 Å². The van der Waals surface area contributed by atoms with Crippen LogP contribution in [0.25, 0.3) is 0 Å². The zero-order valence-electron chi connectivity index (χ0n) is 9.34. The fourth-order valence-corrected chi connectivity index (χ4v) is 1.91. The summed E-state index contributed by atoms with van der Waals surface area (Å²) in [4.78, 5) is 13.9. The first-order valence-corrected chi connectivity index (χ1v) is 5.75. The van der Waals surface area contributed by atoms with Gasteiger partial charge in [-0.15, -0.1) is 0 Å². The van der Waals surface area contributed by atoms with E-state index < -0.39 is 4.92 Å². The van der Waals surface area contributed by atoms with E-state index in [1.807, 2.05) is 0 Å². The summed E-state index contributed by atoms with van der Waals surface area (Å²) in [5, 5.41) is 10.7. The first kappa shape index (κ1) is 13.4. The summed E-state index contributed by atoms with van der Waals surface area (Å²) in [6.07, 6.45) is 2.87. The molecule has 0 saturated carbocycles. The second-order valence-corrected chi connectivity index (χ2v) is 4.37. The Balaban J connectivity index is 2.38. The number of aromatic nitrogens is 1. The van der Waals surface area contributed by atoms with Crippen LogP contribution in [0.4, 0.5) is 11.4 Å². The maximum absolute atomic E-state index is 10.6. The highest BCUT2D eigenvalue weighted by molar-refractivity contribution is 6.37. The molecule has 2 N–H and O–H groups in total. The van der Waals surface area contributed by atoms with Crippen LogP contribution in [0.3, 0.4) is 0 Å². The van der Waals surface area contributed by atoms with Gasteiger partial charge in [-0.2, -0.15) is 0 Å². The van der Waals surface area contributed by atoms with Crippen molar-refractivity contribution in [2.45, 2.75) is 0 Å². The number of anilines is 1. The third-order valence-corrected chi connectivity index (χ3v) is 2.71. The molecule has 0 aliphatic heterocycles. The molecule has 0 bridgehead atoms. The molecule has 19 heavy (non-hydrogen) atoms. The topological polar surface area (TPSA) is 91.3 Å². The monoisotopic (exact) mass is 299 g/mol. The Kier molecular flexibility index (Phi) is 3.73. The van der Waals surface area contributed by atoms with Gasteiger partial charge in [-0.05, 0) is 0 Å². The number of hydrogen-bond donors (Lipinski definition) is 1. The van der Waals surface area contributed by atoms with Crippen molar-refractivity contribution in [3.63, 3.8) is 0 Å². The average molecular weight is 300 g/mol. The Morgan fingerprint density at radius 2 is 1.84 bits per heavy atom. The van der Waals surface area contributed by atoms with Gasteiger partial charge in [0.15, 0.2) is 5.75 Å². The van der Waals surface area contributed by atoms with Crippen molar-refractivity contribution >= 4 is 34.6 Å². The molecule has 0 fully saturated rings. The molecular weight excluding hydrogens is 293 g/mol. The van der Waals surface area contributed by atoms with Crippen LogP contribution in [0.1, 0.15) is 0 Å². The van der Waals surface area contributed by atoms with Gasteiger partial charge in [-0.3, -0.25) is 15.1 Å². The zero-order valence-corrected chi connectivity index (χ0v) is 10.9. The van der Waals surface area contributed by atoms with Crippen molar-refractivity contribution in [3.05, 3.63) is 50.8 Å². The summed E-state index contributed by atoms with van der Waals surface area (Å²) >= 11 is 11.8. The molecule has 0 radical (unpaired) electrons. The predicted molar refractivity (Wildman–Crippen MR) is 71.8 cm³/mol. The van der Waals surface area contributed by atoms with E-state index in [0.717, 1.165) is 12.1 Å². The third-order valence-electron chi connectivity index (χ3n) is 2.15. The normalized spacial score (nSPS) is 10.2. The van der Waals surface area contributed by atoms with Gasteiger partial charge in [0.2, 0.25) is 0 Å². The van der Waals surface area contributed by atoms with E-state index in [0.29, 0.717) is 11.4 Å². The molecule has 0 saturated heterocycles. The molecule has 2 rings (SSSR count). The van der Waals surface area contributed by atoms with Crippen LogP contribution in [0.5, 0.6) is 11.5 Å². The van der Waals surface area contributed by atoms with Crippen molar-refractivity contribution < 1.29 is 9.66 Å². The minimum absolute atomic E-state index is 0.0293. The minimum atomic E-state index is -0.594. The second-order valence-electron chi connectivity index (χ2n) is 3.55. The van der Waals surface area contributed by atoms with Crippen LogP contribution in [-0.4, -0.2) is 9.91 Å². The summed E-state index contributed by atoms with van der Waals surface area (Å²) in [6, 6.07) is 3.84. The number of pyridine rings is 1. The van der Waals surface area contributed by atoms with Crippen molar-refractivity contribution in [2.24, 2.45) is 0 Å². The number of nitro benzene ring substituents is 1. The predicted octanol–water partition coefficient (Wildman–Crippen LogP) is 3.67. The molecule has 0 atom stereocenters. The summed E-state index contributed by atoms with van der Waals surface area (Å²) in [7, 11) is 0. The molecule has 0 spiro atoms. The van der Waals surface area contributed by atoms with Gasteiger partial charge in [0.05, 0.1) is 33.0 Å². The number of nitro groups is 1. The number of non-ortho nitro benzene ring substituents is 1. The van der Waals surface area contributed by atoms with E-state index in [-0.39, 0.29) is 21.5 Å². The lowest BCUT2D eigenvalue weighted by Gasteiger charge is -2.09. The van der Waals surface area contributed by atoms with E-state index in [9.17, 15) is 10.1 Å². The minimum Gasteiger partial charge on any atom is -0.453 e. The summed E-state index contributed by atoms with van der Waals surface area (Å²) in [5.41, 5.74) is 5.75. The van der Waals surface area contributed by atoms with Crippen LogP contribution in [0.15, 0.2) is 30.6 Å². The average Bonchev–Trinajstić information content (AvgIpc) is 2.33. The molecule has 8 heteroatoms. The van der Waals surface area contributed by atoms with Crippen molar-refractivity contribution in [3.8, 4) is 11.5 Å². The Morgan fingerprint density at radius 1 is 1.21 bits per heavy atom. The van der Waals surface area contributed by atoms with Gasteiger partial charge < -0.3 is 10.5 Å². The number of ether oxygens (including phenoxy) is 1. The van der Waals surface area contributed by atoms with Gasteiger partial charge in [-0.1, -0.05) is 23.2 Å². The molecular formula is C11H7Cl2N3O3. The summed E-state index contributed by atoms with van der Waals surface area (Å²) in [5.74, 6) is 0.444. The van der Waals surface area contributed by atoms with Gasteiger partial charge in [-0.25, -0.2) is 0 Å². The first-order valence-electron chi connectivity index (χ1n) is 4.99. The van der Waals surface area contributed by atoms with E-state index in [4.69, 9.17) is 33.7 Å². The molecule has 2 aromatic rings. The number of nitrogens with zero attached hydrogens (tertiary/aromatic N) is 2. The molecule has 1 heterocycles. The van der Waals surface area contributed by atoms with E-state index in [2.05, 4.69) is 4.98 Å². The highest BCUT2D eigenvalue weighted by Crippen LogP contribution is 2.39. The lowest BCUT2D eigenvalue weighted by Crippen LogP contribution is -1.93. The standard InChI is InChI=1S/C11H7Cl2N3O3/c12-9-2-7(16(17)18)3-10(13)11(9)19-8-1-6(14)4-15-5-8/h1-5H,14H2. The number of nitrogen functional groups attached to an aromatic ring is 1. The number of halogens is 2. The fraction of sp³-hybridized carbons (Fsp3) is 0. The van der Waals surface area contributed by atoms with Gasteiger partial charge in [0, 0.05) is 18.2 Å². The van der Waals surface area contributed by atoms with Crippen LogP contribution in [0.2, 0.25) is 10.0 Å². The maximum atomic E-state index is 10.6. The Hall–Kier alpha value is -2.05. The van der Waals surface area contributed by atoms with Crippen molar-refractivity contribution in [1.29, 1.82) is 0 Å². The lowest BCUT2D eigenvalue weighted by molar-refractivity contribution is -0.384. The smallest absolute Gasteiger partial charge is 0.272 e. The lowest BCUT2D eigenvalue weighted by atomic mass is 10.3. The van der Waals surface area contributed by atoms with Gasteiger partial charge in [0.25, 0.3) is 5.69 Å². The zero-order chi connectivity index (χ0) is 14.0. The molecule has 0 aliphatic carbocycles. The number of benzene rings is 1. The highest BCUT2D eigenvalue weighted by atomic mass is 35.5. The molecule has 0 unspecified atom stereocenters. The number of hydrogen-bond acceptors (Lipinski definition) is 5. The largest absolute Gasteiger partial charge is 0.453 e. The molecule has 6 nitrogen and oxygen atoms in total. The van der Waals surface area contributed by atoms with Crippen LogP contribution in [-0.2, 0) is 0 Å². The quantitative estimate of drug-likeness (QED) is 0.689. The Labute approximate surface area is 117 Å². The van der Waals surface area contributed by atoms with Gasteiger partial charge >= 0.3 is 0 Å². The van der Waals surface area contributed by atoms with Crippen LogP contribution in [0, 0.1) is 10.1 Å². The molecule has 1 aromatic carbocycles. The third kappa shape index (κ3) is 3.04. The second kappa shape index (κ2) is 5.29. The Morgan fingerprint density at radius 3 is 2.37 bits per heavy atom. The molecule has 0 amide bonds. The SMILES string of the molecule is Nc1cncc(Oc2c(Cl)cc([N+](=O)[O-])cc2Cl)c1. The number of nitrogens with two attached hydrogens (primary N) is 1. The summed E-state index contributed by atoms with van der Waals surface area (Å²) < 4.78 is 5.43. The Bertz CT molecular complexity index is 626. The van der Waals surface area contributed by atoms with E-state index >= 15 is 0 Å². The van der Waals surface area contributed by atoms with Crippen LogP contribution < -0.4 is 10.5 Å². The van der Waals surface area contributed by atoms with Crippen molar-refractivity contribution in [2.75, 3.05) is 5.73 Å². The fourth-order valence-electron chi connectivity index (χ4n) is 1.36. The number of rotatable bonds is 3. The molecule has 98 valence electrons. The van der Waals surface area contributed by atoms with Crippen molar-refractivity contribution in [1.82, 2.24) is 4.98 Å². The molecule has 1 aromatic heterocycles. The first-order chi connectivity index (χ1) is 8.97. The highest BCUT2D eigenvalue weighted by Gasteiger charge is 2.16. The summed E-state index contributed by atoms with van der Waals surface area (Å²) in [6.45, 7) is 0. The van der Waals surface area contributed by atoms with Gasteiger partial charge in [0.1, 0.15) is 5.75 Å². The maximum Gasteiger partial charge on any atom is 0.272 e.